The second-order valence-corrected chi connectivity index (χ2v) is 13.3. The molecule has 29 heteroatoms. The molecule has 0 saturated heterocycles. The third-order valence-corrected chi connectivity index (χ3v) is 8.09. The summed E-state index contributed by atoms with van der Waals surface area (Å²) in [5.41, 5.74) is 0. The van der Waals surface area contributed by atoms with Crippen LogP contribution < -0.4 is 4.72 Å². The summed E-state index contributed by atoms with van der Waals surface area (Å²) in [7, 11) is -10.1. The molecule has 0 aromatic rings. The molecule has 0 aliphatic heterocycles. The van der Waals surface area contributed by atoms with Gasteiger partial charge in [-0.15, -0.1) is 0 Å². The molecule has 0 aliphatic carbocycles. The van der Waals surface area contributed by atoms with Gasteiger partial charge in [-0.2, -0.15) is 91.8 Å². The predicted octanol–water partition coefficient (Wildman–Crippen LogP) is 4.22. The zero-order valence-corrected chi connectivity index (χ0v) is 23.7. The Kier molecular flexibility index (Phi) is 12.0. The van der Waals surface area contributed by atoms with Gasteiger partial charge in [0.25, 0.3) is 20.1 Å². The number of sulfonamides is 1. The van der Waals surface area contributed by atoms with E-state index in [4.69, 9.17) is 4.55 Å². The Morgan fingerprint density at radius 3 is 1.26 bits per heavy atom. The first-order chi connectivity index (χ1) is 19.6. The lowest BCUT2D eigenvalue weighted by molar-refractivity contribution is -0.893. The topological polar surface area (TPSA) is 121 Å². The van der Waals surface area contributed by atoms with Crippen molar-refractivity contribution in [2.75, 3.05) is 39.5 Å². The van der Waals surface area contributed by atoms with E-state index in [0.717, 1.165) is 14.1 Å². The van der Waals surface area contributed by atoms with Crippen LogP contribution >= 0.6 is 0 Å². The van der Waals surface area contributed by atoms with Crippen molar-refractivity contribution in [3.8, 4) is 0 Å². The van der Waals surface area contributed by atoms with Crippen LogP contribution in [0.5, 0.6) is 0 Å². The molecule has 0 spiro atoms. The van der Waals surface area contributed by atoms with E-state index in [9.17, 15) is 105 Å². The molecule has 0 aromatic heterocycles. The molecule has 0 heterocycles. The number of hydrogen-bond acceptors (Lipinski definition) is 5. The van der Waals surface area contributed by atoms with Crippen molar-refractivity contribution in [1.29, 1.82) is 0 Å². The Labute approximate surface area is 244 Å². The first kappa shape index (κ1) is 44.4. The molecule has 0 amide bonds. The van der Waals surface area contributed by atoms with Crippen LogP contribution in [0.4, 0.5) is 83.4 Å². The van der Waals surface area contributed by atoms with E-state index in [0.29, 0.717) is 4.72 Å². The number of nitrogens with one attached hydrogen (secondary N) is 1. The third kappa shape index (κ3) is 7.51. The summed E-state index contributed by atoms with van der Waals surface area (Å²) >= 11 is 0. The van der Waals surface area contributed by atoms with Crippen LogP contribution in [-0.4, -0.2) is 129 Å². The zero-order chi connectivity index (χ0) is 37.8. The normalized spacial score (nSPS) is 16.9. The van der Waals surface area contributed by atoms with Gasteiger partial charge in [-0.05, 0) is 0 Å². The van der Waals surface area contributed by atoms with Crippen molar-refractivity contribution in [3.05, 3.63) is 0 Å². The minimum atomic E-state index is -9.19. The fourth-order valence-electron chi connectivity index (χ4n) is 3.28. The summed E-state index contributed by atoms with van der Waals surface area (Å²) in [6.45, 7) is -2.80. The Morgan fingerprint density at radius 1 is 0.609 bits per heavy atom. The number of rotatable bonds is 17. The maximum absolute atomic E-state index is 14.1. The van der Waals surface area contributed by atoms with Crippen LogP contribution in [-0.2, 0) is 20.1 Å². The van der Waals surface area contributed by atoms with E-state index in [1.807, 2.05) is 0 Å². The smallest absolute Gasteiger partial charge is 0.386 e. The van der Waals surface area contributed by atoms with Gasteiger partial charge in [-0.1, -0.05) is 0 Å². The number of hydrogen-bond donors (Lipinski definition) is 3. The SMILES string of the molecule is C[N+](C)(CCCNS(=O)(=O)C(F)(F)C(F)(F)C(F)(F)C(F)(F)C(F)(F)C(F)(F)C(F)(F)C(F)(F)C(F)(F)F)CC(O)CS(=O)(=O)O. The van der Waals surface area contributed by atoms with Gasteiger partial charge < -0.3 is 9.59 Å². The lowest BCUT2D eigenvalue weighted by Crippen LogP contribution is -2.76. The van der Waals surface area contributed by atoms with Crippen molar-refractivity contribution in [1.82, 2.24) is 4.72 Å². The van der Waals surface area contributed by atoms with Crippen LogP contribution in [0, 0.1) is 0 Å². The number of aliphatic hydroxyl groups excluding tert-OH is 1. The maximum Gasteiger partial charge on any atom is 0.460 e. The summed E-state index contributed by atoms with van der Waals surface area (Å²) in [5.74, 6) is -63.6. The number of quaternary nitrogens is 1. The van der Waals surface area contributed by atoms with Crippen molar-refractivity contribution in [3.63, 3.8) is 0 Å². The predicted molar refractivity (Wildman–Crippen MR) is 111 cm³/mol. The number of aliphatic hydroxyl groups is 1. The second kappa shape index (κ2) is 12.4. The van der Waals surface area contributed by atoms with Gasteiger partial charge in [0.05, 0.1) is 20.6 Å². The molecule has 0 fully saturated rings. The molecule has 1 unspecified atom stereocenters. The Balaban J connectivity index is 6.37. The first-order valence-corrected chi connectivity index (χ1v) is 14.2. The van der Waals surface area contributed by atoms with Crippen LogP contribution in [0.1, 0.15) is 6.42 Å². The van der Waals surface area contributed by atoms with Crippen LogP contribution in [0.3, 0.4) is 0 Å². The minimum Gasteiger partial charge on any atom is -0.386 e. The molecular formula is C17H20F19N2O6S2+. The highest BCUT2D eigenvalue weighted by molar-refractivity contribution is 7.90. The molecule has 0 saturated carbocycles. The molecule has 0 rings (SSSR count). The number of alkyl halides is 19. The Hall–Kier alpha value is -1.59. The van der Waals surface area contributed by atoms with E-state index in [-0.39, 0.29) is 0 Å². The van der Waals surface area contributed by atoms with Crippen molar-refractivity contribution >= 4 is 20.1 Å². The van der Waals surface area contributed by atoms with E-state index in [2.05, 4.69) is 0 Å². The molecular weight excluding hydrogens is 753 g/mol. The zero-order valence-electron chi connectivity index (χ0n) is 22.1. The molecule has 0 aromatic carbocycles. The standard InChI is InChI=1S/C17H19F19N2O6S2/c1-38(2,6-8(39)7-45(40,41)42)5-3-4-37-46(43,44)17(35,36)15(30,31)13(26,27)11(22,23)9(18,19)10(20,21)12(24,25)14(28,29)16(32,33)34/h8,37,39H,3-7H2,1-2H3/p+1. The summed E-state index contributed by atoms with van der Waals surface area (Å²) in [6.07, 6.45) is -10.8. The first-order valence-electron chi connectivity index (χ1n) is 11.1. The van der Waals surface area contributed by atoms with Crippen molar-refractivity contribution in [2.24, 2.45) is 0 Å². The van der Waals surface area contributed by atoms with E-state index in [1.54, 1.807) is 0 Å². The highest BCUT2D eigenvalue weighted by Crippen LogP contribution is 2.65. The Bertz CT molecular complexity index is 1300. The van der Waals surface area contributed by atoms with Gasteiger partial charge in [0.15, 0.2) is 0 Å². The maximum atomic E-state index is 14.1. The third-order valence-electron chi connectivity index (χ3n) is 5.77. The molecule has 8 nitrogen and oxygen atoms in total. The highest BCUT2D eigenvalue weighted by Gasteiger charge is 2.97. The second-order valence-electron chi connectivity index (χ2n) is 10.0. The summed E-state index contributed by atoms with van der Waals surface area (Å²) < 4.78 is 307. The van der Waals surface area contributed by atoms with E-state index >= 15 is 0 Å². The monoisotopic (exact) mass is 773 g/mol. The lowest BCUT2D eigenvalue weighted by atomic mass is 9.89. The van der Waals surface area contributed by atoms with Crippen LogP contribution in [0.2, 0.25) is 0 Å². The summed E-state index contributed by atoms with van der Waals surface area (Å²) in [5, 5.41) is 1.76. The molecule has 1 atom stereocenters. The molecule has 278 valence electrons. The van der Waals surface area contributed by atoms with E-state index in [1.165, 1.54) is 0 Å². The molecule has 0 radical (unpaired) electrons. The van der Waals surface area contributed by atoms with Crippen molar-refractivity contribution in [2.45, 2.75) is 65.4 Å². The van der Waals surface area contributed by atoms with E-state index < -0.39 is 115 Å². The number of halogens is 19. The minimum absolute atomic E-state index is 0.399. The molecule has 3 N–H and O–H groups in total. The fourth-order valence-corrected chi connectivity index (χ4v) is 4.93. The van der Waals surface area contributed by atoms with Gasteiger partial charge in [-0.3, -0.25) is 4.55 Å². The summed E-state index contributed by atoms with van der Waals surface area (Å²) in [6, 6.07) is 0. The Morgan fingerprint density at radius 2 is 0.935 bits per heavy atom. The van der Waals surface area contributed by atoms with Crippen molar-refractivity contribution < 1.29 is 114 Å². The molecule has 0 bridgehead atoms. The van der Waals surface area contributed by atoms with Crippen LogP contribution in [0.25, 0.3) is 0 Å². The van der Waals surface area contributed by atoms with Crippen LogP contribution in [0.15, 0.2) is 0 Å². The number of nitrogens with zero attached hydrogens (tertiary/aromatic N) is 1. The average Bonchev–Trinajstić information content (AvgIpc) is 2.78. The largest absolute Gasteiger partial charge is 0.460 e. The number of likely N-dealkylation sites (N-methyl/N-ethyl adjacent to an activating group) is 1. The molecule has 0 aliphatic rings. The van der Waals surface area contributed by atoms with Gasteiger partial charge in [-0.25, -0.2) is 13.1 Å². The lowest BCUT2D eigenvalue weighted by Gasteiger charge is -2.43. The fraction of sp³-hybridized carbons (Fsp3) is 1.00. The highest BCUT2D eigenvalue weighted by atomic mass is 32.2. The van der Waals surface area contributed by atoms with Gasteiger partial charge in [0.1, 0.15) is 18.4 Å². The quantitative estimate of drug-likeness (QED) is 0.0882. The summed E-state index contributed by atoms with van der Waals surface area (Å²) in [4.78, 5) is 0. The van der Waals surface area contributed by atoms with Gasteiger partial charge >= 0.3 is 52.9 Å². The van der Waals surface area contributed by atoms with Gasteiger partial charge in [0.2, 0.25) is 0 Å². The molecule has 46 heavy (non-hydrogen) atoms. The average molecular weight is 773 g/mol. The van der Waals surface area contributed by atoms with Gasteiger partial charge in [0, 0.05) is 13.0 Å².